The van der Waals surface area contributed by atoms with Crippen LogP contribution in [0.1, 0.15) is 20.8 Å². The van der Waals surface area contributed by atoms with Gasteiger partial charge in [-0.05, 0) is 6.92 Å². The van der Waals surface area contributed by atoms with E-state index < -0.39 is 42.6 Å². The third-order valence-corrected chi connectivity index (χ3v) is 2.74. The molecule has 1 N–H and O–H groups in total. The van der Waals surface area contributed by atoms with Crippen LogP contribution in [-0.4, -0.2) is 54.4 Å². The van der Waals surface area contributed by atoms with Gasteiger partial charge in [-0.25, -0.2) is 0 Å². The molecule has 7 heteroatoms. The van der Waals surface area contributed by atoms with Gasteiger partial charge in [0, 0.05) is 13.8 Å². The summed E-state index contributed by atoms with van der Waals surface area (Å²) in [5, 5.41) is 10.2. The van der Waals surface area contributed by atoms with Crippen LogP contribution in [0, 0.1) is 0 Å². The van der Waals surface area contributed by atoms with Crippen molar-refractivity contribution in [2.75, 3.05) is 6.61 Å². The van der Waals surface area contributed by atoms with Crippen LogP contribution in [0.25, 0.3) is 0 Å². The van der Waals surface area contributed by atoms with Crippen LogP contribution in [0.3, 0.4) is 0 Å². The third-order valence-electron chi connectivity index (χ3n) is 2.74. The zero-order valence-corrected chi connectivity index (χ0v) is 11.8. The second kappa shape index (κ2) is 7.37. The molecule has 0 unspecified atom stereocenters. The predicted molar refractivity (Wildman–Crippen MR) is 67.6 cm³/mol. The predicted octanol–water partition coefficient (Wildman–Crippen LogP) is 0.158. The van der Waals surface area contributed by atoms with E-state index in [1.165, 1.54) is 19.9 Å². The van der Waals surface area contributed by atoms with Crippen molar-refractivity contribution in [3.63, 3.8) is 0 Å². The molecule has 7 nitrogen and oxygen atoms in total. The Bertz CT molecular complexity index is 368. The SMILES string of the molecule is C=CCO[C@@H]1O[C@@H](C)[C@@H](OC(C)=O)[C@@H](O)[C@@H]1OC(C)=O. The molecule has 5 atom stereocenters. The molecule has 1 rings (SSSR count). The van der Waals surface area contributed by atoms with Gasteiger partial charge in [-0.3, -0.25) is 9.59 Å². The van der Waals surface area contributed by atoms with Crippen LogP contribution < -0.4 is 0 Å². The first-order chi connectivity index (χ1) is 9.36. The highest BCUT2D eigenvalue weighted by molar-refractivity contribution is 5.67. The van der Waals surface area contributed by atoms with E-state index in [1.54, 1.807) is 6.92 Å². The summed E-state index contributed by atoms with van der Waals surface area (Å²) in [6.07, 6.45) is -3.29. The number of esters is 2. The lowest BCUT2D eigenvalue weighted by atomic mass is 9.99. The van der Waals surface area contributed by atoms with Crippen molar-refractivity contribution >= 4 is 11.9 Å². The molecule has 0 bridgehead atoms. The monoisotopic (exact) mass is 288 g/mol. The number of carbonyl (C=O) groups excluding carboxylic acids is 2. The van der Waals surface area contributed by atoms with Crippen molar-refractivity contribution in [1.82, 2.24) is 0 Å². The number of ether oxygens (including phenoxy) is 4. The summed E-state index contributed by atoms with van der Waals surface area (Å²) < 4.78 is 20.8. The Labute approximate surface area is 117 Å². The van der Waals surface area contributed by atoms with Gasteiger partial charge in [0.2, 0.25) is 0 Å². The third kappa shape index (κ3) is 4.29. The van der Waals surface area contributed by atoms with E-state index in [2.05, 4.69) is 6.58 Å². The van der Waals surface area contributed by atoms with Gasteiger partial charge in [0.25, 0.3) is 0 Å². The topological polar surface area (TPSA) is 91.3 Å². The minimum atomic E-state index is -1.23. The van der Waals surface area contributed by atoms with E-state index in [-0.39, 0.29) is 6.61 Å². The highest BCUT2D eigenvalue weighted by atomic mass is 16.7. The molecule has 0 aromatic heterocycles. The van der Waals surface area contributed by atoms with Gasteiger partial charge in [-0.1, -0.05) is 6.08 Å². The van der Waals surface area contributed by atoms with E-state index >= 15 is 0 Å². The Hall–Kier alpha value is -1.44. The van der Waals surface area contributed by atoms with Crippen LogP contribution in [-0.2, 0) is 28.5 Å². The molecule has 0 aromatic carbocycles. The van der Waals surface area contributed by atoms with Gasteiger partial charge in [0.05, 0.1) is 12.7 Å². The van der Waals surface area contributed by atoms with E-state index in [4.69, 9.17) is 18.9 Å². The number of aliphatic hydroxyl groups excluding tert-OH is 1. The van der Waals surface area contributed by atoms with Crippen molar-refractivity contribution in [3.05, 3.63) is 12.7 Å². The maximum Gasteiger partial charge on any atom is 0.303 e. The molecular formula is C13H20O7. The van der Waals surface area contributed by atoms with Crippen LogP contribution in [0.15, 0.2) is 12.7 Å². The van der Waals surface area contributed by atoms with Crippen molar-refractivity contribution < 1.29 is 33.6 Å². The molecule has 0 amide bonds. The fourth-order valence-corrected chi connectivity index (χ4v) is 1.96. The number of carbonyl (C=O) groups is 2. The Morgan fingerprint density at radius 1 is 1.25 bits per heavy atom. The van der Waals surface area contributed by atoms with E-state index in [1.807, 2.05) is 0 Å². The van der Waals surface area contributed by atoms with Gasteiger partial charge in [-0.2, -0.15) is 0 Å². The highest BCUT2D eigenvalue weighted by Gasteiger charge is 2.47. The van der Waals surface area contributed by atoms with Crippen LogP contribution in [0.4, 0.5) is 0 Å². The van der Waals surface area contributed by atoms with Crippen molar-refractivity contribution in [2.45, 2.75) is 51.5 Å². The molecule has 1 fully saturated rings. The fraction of sp³-hybridized carbons (Fsp3) is 0.692. The number of hydrogen-bond donors (Lipinski definition) is 1. The Morgan fingerprint density at radius 2 is 1.80 bits per heavy atom. The first-order valence-corrected chi connectivity index (χ1v) is 6.27. The molecule has 0 aliphatic carbocycles. The maximum atomic E-state index is 11.1. The molecule has 1 aliphatic heterocycles. The molecule has 0 spiro atoms. The van der Waals surface area contributed by atoms with Crippen LogP contribution >= 0.6 is 0 Å². The average molecular weight is 288 g/mol. The van der Waals surface area contributed by atoms with E-state index in [0.29, 0.717) is 0 Å². The summed E-state index contributed by atoms with van der Waals surface area (Å²) in [7, 11) is 0. The molecule has 1 saturated heterocycles. The van der Waals surface area contributed by atoms with Crippen LogP contribution in [0.2, 0.25) is 0 Å². The zero-order chi connectivity index (χ0) is 15.3. The molecule has 114 valence electrons. The first kappa shape index (κ1) is 16.6. The summed E-state index contributed by atoms with van der Waals surface area (Å²) in [6, 6.07) is 0. The molecular weight excluding hydrogens is 268 g/mol. The quantitative estimate of drug-likeness (QED) is 0.569. The number of rotatable bonds is 5. The second-order valence-electron chi connectivity index (χ2n) is 4.47. The van der Waals surface area contributed by atoms with E-state index in [0.717, 1.165) is 0 Å². The first-order valence-electron chi connectivity index (χ1n) is 6.27. The van der Waals surface area contributed by atoms with Gasteiger partial charge >= 0.3 is 11.9 Å². The minimum Gasteiger partial charge on any atom is -0.457 e. The number of aliphatic hydroxyl groups is 1. The molecule has 1 heterocycles. The van der Waals surface area contributed by atoms with Crippen molar-refractivity contribution in [3.8, 4) is 0 Å². The van der Waals surface area contributed by atoms with E-state index in [9.17, 15) is 14.7 Å². The summed E-state index contributed by atoms with van der Waals surface area (Å²) in [4.78, 5) is 22.2. The van der Waals surface area contributed by atoms with Crippen molar-refractivity contribution in [1.29, 1.82) is 0 Å². The van der Waals surface area contributed by atoms with Crippen molar-refractivity contribution in [2.24, 2.45) is 0 Å². The van der Waals surface area contributed by atoms with Gasteiger partial charge < -0.3 is 24.1 Å². The van der Waals surface area contributed by atoms with Crippen LogP contribution in [0.5, 0.6) is 0 Å². The summed E-state index contributed by atoms with van der Waals surface area (Å²) >= 11 is 0. The molecule has 1 aliphatic rings. The Balaban J connectivity index is 2.86. The summed E-state index contributed by atoms with van der Waals surface area (Å²) in [5.41, 5.74) is 0. The Kier molecular flexibility index (Phi) is 6.12. The maximum absolute atomic E-state index is 11.1. The fourth-order valence-electron chi connectivity index (χ4n) is 1.96. The molecule has 0 aromatic rings. The highest BCUT2D eigenvalue weighted by Crippen LogP contribution is 2.26. The minimum absolute atomic E-state index is 0.167. The number of hydrogen-bond acceptors (Lipinski definition) is 7. The Morgan fingerprint density at radius 3 is 2.30 bits per heavy atom. The smallest absolute Gasteiger partial charge is 0.303 e. The van der Waals surface area contributed by atoms with Gasteiger partial charge in [0.15, 0.2) is 18.5 Å². The lowest BCUT2D eigenvalue weighted by molar-refractivity contribution is -0.296. The summed E-state index contributed by atoms with van der Waals surface area (Å²) in [5.74, 6) is -1.16. The second-order valence-corrected chi connectivity index (χ2v) is 4.47. The zero-order valence-electron chi connectivity index (χ0n) is 11.8. The standard InChI is InChI=1S/C13H20O7/c1-5-6-17-13-12(20-9(4)15)10(16)11(7(2)18-13)19-8(3)14/h5,7,10-13,16H,1,6H2,2-4H3/t7-,10+,11+,12-,13+/m0/s1. The van der Waals surface area contributed by atoms with Gasteiger partial charge in [0.1, 0.15) is 6.10 Å². The molecule has 0 saturated carbocycles. The van der Waals surface area contributed by atoms with Gasteiger partial charge in [-0.15, -0.1) is 6.58 Å². The lowest BCUT2D eigenvalue weighted by Gasteiger charge is -2.41. The summed E-state index contributed by atoms with van der Waals surface area (Å²) in [6.45, 7) is 7.73. The average Bonchev–Trinajstić information content (AvgIpc) is 2.35. The molecule has 0 radical (unpaired) electrons. The lowest BCUT2D eigenvalue weighted by Crippen LogP contribution is -2.59. The molecule has 20 heavy (non-hydrogen) atoms. The largest absolute Gasteiger partial charge is 0.457 e. The normalized spacial score (nSPS) is 33.3.